The fraction of sp³-hybridized carbons (Fsp3) is 0.481. The summed E-state index contributed by atoms with van der Waals surface area (Å²) < 4.78 is 5.34. The largest absolute Gasteiger partial charge is 0.496 e. The molecule has 1 saturated heterocycles. The van der Waals surface area contributed by atoms with Gasteiger partial charge >= 0.3 is 0 Å². The molecule has 0 bridgehead atoms. The van der Waals surface area contributed by atoms with Crippen molar-refractivity contribution >= 4 is 29.4 Å². The van der Waals surface area contributed by atoms with Crippen LogP contribution in [0.4, 0.5) is 17.2 Å². The Kier molecular flexibility index (Phi) is 15.4. The quantitative estimate of drug-likeness (QED) is 0.474. The number of hydrogen-bond acceptors (Lipinski definition) is 7. The predicted octanol–water partition coefficient (Wildman–Crippen LogP) is 5.11. The number of amides is 1. The summed E-state index contributed by atoms with van der Waals surface area (Å²) in [4.78, 5) is 31.8. The van der Waals surface area contributed by atoms with Crippen molar-refractivity contribution in [2.75, 3.05) is 37.9 Å². The number of hydrogen-bond donors (Lipinski definition) is 1. The van der Waals surface area contributed by atoms with E-state index >= 15 is 0 Å². The number of anilines is 3. The number of nitrogen functional groups attached to an aromatic ring is 1. The molecule has 1 aliphatic heterocycles. The van der Waals surface area contributed by atoms with Gasteiger partial charge in [0, 0.05) is 31.9 Å². The second kappa shape index (κ2) is 17.1. The SMILES string of the molecule is C=CC(=O)N1CCC(C)C1.CC=O.CCC.COc1cc(N(C)c2c(C)ncnc2N)ccc1C. The van der Waals surface area contributed by atoms with Crippen molar-refractivity contribution in [1.29, 1.82) is 0 Å². The van der Waals surface area contributed by atoms with Gasteiger partial charge in [-0.15, -0.1) is 0 Å². The zero-order chi connectivity index (χ0) is 27.0. The first kappa shape index (κ1) is 31.6. The third-order valence-corrected chi connectivity index (χ3v) is 5.06. The molecule has 2 heterocycles. The normalized spacial score (nSPS) is 13.6. The fourth-order valence-corrected chi connectivity index (χ4v) is 3.31. The number of rotatable bonds is 4. The number of ether oxygens (including phenoxy) is 1. The molecule has 194 valence electrons. The lowest BCUT2D eigenvalue weighted by Crippen LogP contribution is -2.26. The topological polar surface area (TPSA) is 102 Å². The Morgan fingerprint density at radius 2 is 1.91 bits per heavy atom. The summed E-state index contributed by atoms with van der Waals surface area (Å²) in [5, 5.41) is 0. The molecule has 1 aliphatic rings. The highest BCUT2D eigenvalue weighted by Crippen LogP contribution is 2.32. The molecular formula is C27H43N5O3. The van der Waals surface area contributed by atoms with Crippen molar-refractivity contribution in [2.45, 2.75) is 54.4 Å². The van der Waals surface area contributed by atoms with Gasteiger partial charge in [0.15, 0.2) is 5.82 Å². The Hall–Kier alpha value is -3.42. The average molecular weight is 486 g/mol. The Labute approximate surface area is 211 Å². The van der Waals surface area contributed by atoms with Crippen LogP contribution in [0.3, 0.4) is 0 Å². The smallest absolute Gasteiger partial charge is 0.245 e. The van der Waals surface area contributed by atoms with Crippen LogP contribution in [0.25, 0.3) is 0 Å². The first-order valence-electron chi connectivity index (χ1n) is 11.9. The number of carbonyl (C=O) groups is 2. The summed E-state index contributed by atoms with van der Waals surface area (Å²) in [7, 11) is 3.60. The van der Waals surface area contributed by atoms with Gasteiger partial charge in [0.1, 0.15) is 24.1 Å². The van der Waals surface area contributed by atoms with Gasteiger partial charge in [-0.1, -0.05) is 39.8 Å². The first-order valence-corrected chi connectivity index (χ1v) is 11.9. The summed E-state index contributed by atoms with van der Waals surface area (Å²) >= 11 is 0. The molecule has 3 rings (SSSR count). The van der Waals surface area contributed by atoms with Crippen molar-refractivity contribution in [3.05, 3.63) is 48.4 Å². The molecule has 0 saturated carbocycles. The van der Waals surface area contributed by atoms with Crippen LogP contribution in [-0.2, 0) is 9.59 Å². The van der Waals surface area contributed by atoms with Crippen molar-refractivity contribution in [2.24, 2.45) is 5.92 Å². The predicted molar refractivity (Wildman–Crippen MR) is 145 cm³/mol. The van der Waals surface area contributed by atoms with Crippen LogP contribution in [0, 0.1) is 19.8 Å². The van der Waals surface area contributed by atoms with Gasteiger partial charge in [-0.2, -0.15) is 0 Å². The Balaban J connectivity index is 0.000000603. The van der Waals surface area contributed by atoms with Gasteiger partial charge in [0.25, 0.3) is 0 Å². The maximum absolute atomic E-state index is 11.0. The number of aryl methyl sites for hydroxylation is 2. The van der Waals surface area contributed by atoms with E-state index in [0.717, 1.165) is 54.2 Å². The molecule has 1 aromatic heterocycles. The zero-order valence-electron chi connectivity index (χ0n) is 22.7. The van der Waals surface area contributed by atoms with Crippen LogP contribution < -0.4 is 15.4 Å². The van der Waals surface area contributed by atoms with E-state index < -0.39 is 0 Å². The highest BCUT2D eigenvalue weighted by molar-refractivity contribution is 5.87. The Bertz CT molecular complexity index is 913. The van der Waals surface area contributed by atoms with E-state index in [2.05, 4.69) is 37.3 Å². The molecule has 1 amide bonds. The van der Waals surface area contributed by atoms with Crippen LogP contribution in [0.5, 0.6) is 5.75 Å². The van der Waals surface area contributed by atoms with E-state index in [1.54, 1.807) is 7.11 Å². The highest BCUT2D eigenvalue weighted by atomic mass is 16.5. The number of nitrogens with zero attached hydrogens (tertiary/aromatic N) is 4. The minimum Gasteiger partial charge on any atom is -0.496 e. The Morgan fingerprint density at radius 1 is 1.31 bits per heavy atom. The zero-order valence-corrected chi connectivity index (χ0v) is 22.7. The molecule has 1 atom stereocenters. The third-order valence-electron chi connectivity index (χ3n) is 5.06. The van der Waals surface area contributed by atoms with E-state index in [9.17, 15) is 4.79 Å². The molecule has 1 fully saturated rings. The van der Waals surface area contributed by atoms with Crippen LogP contribution >= 0.6 is 0 Å². The molecule has 8 nitrogen and oxygen atoms in total. The highest BCUT2D eigenvalue weighted by Gasteiger charge is 2.20. The van der Waals surface area contributed by atoms with Crippen LogP contribution in [0.1, 0.15) is 51.8 Å². The van der Waals surface area contributed by atoms with Crippen molar-refractivity contribution in [3.8, 4) is 5.75 Å². The number of carbonyl (C=O) groups excluding carboxylic acids is 2. The second-order valence-electron chi connectivity index (χ2n) is 8.23. The maximum Gasteiger partial charge on any atom is 0.245 e. The van der Waals surface area contributed by atoms with Crippen molar-refractivity contribution in [1.82, 2.24) is 14.9 Å². The third kappa shape index (κ3) is 10.6. The molecule has 8 heteroatoms. The van der Waals surface area contributed by atoms with E-state index in [0.29, 0.717) is 11.7 Å². The van der Waals surface area contributed by atoms with Gasteiger partial charge in [-0.3, -0.25) is 4.79 Å². The van der Waals surface area contributed by atoms with E-state index in [4.69, 9.17) is 15.3 Å². The van der Waals surface area contributed by atoms with Gasteiger partial charge in [-0.25, -0.2) is 9.97 Å². The number of benzene rings is 1. The van der Waals surface area contributed by atoms with Gasteiger partial charge in [-0.05, 0) is 50.8 Å². The molecule has 2 aromatic rings. The number of methoxy groups -OCH3 is 1. The lowest BCUT2D eigenvalue weighted by Gasteiger charge is -2.22. The number of nitrogens with two attached hydrogens (primary N) is 1. The number of aldehydes is 1. The minimum absolute atomic E-state index is 0.0735. The summed E-state index contributed by atoms with van der Waals surface area (Å²) in [5.41, 5.74) is 9.66. The molecular weight excluding hydrogens is 442 g/mol. The van der Waals surface area contributed by atoms with Gasteiger partial charge in [0.2, 0.25) is 5.91 Å². The molecule has 1 unspecified atom stereocenters. The molecule has 0 aliphatic carbocycles. The maximum atomic E-state index is 11.0. The molecule has 1 aromatic carbocycles. The molecule has 0 spiro atoms. The van der Waals surface area contributed by atoms with Gasteiger partial charge < -0.3 is 25.1 Å². The van der Waals surface area contributed by atoms with Crippen LogP contribution in [-0.4, -0.2) is 54.3 Å². The number of aromatic nitrogens is 2. The number of likely N-dealkylation sites (tertiary alicyclic amines) is 1. The fourth-order valence-electron chi connectivity index (χ4n) is 3.31. The van der Waals surface area contributed by atoms with E-state index in [-0.39, 0.29) is 5.91 Å². The van der Waals surface area contributed by atoms with Crippen molar-refractivity contribution < 1.29 is 14.3 Å². The monoisotopic (exact) mass is 485 g/mol. The summed E-state index contributed by atoms with van der Waals surface area (Å²) in [6, 6.07) is 6.00. The first-order chi connectivity index (χ1) is 16.6. The molecule has 0 radical (unpaired) electrons. The summed E-state index contributed by atoms with van der Waals surface area (Å²) in [5.74, 6) is 2.06. The molecule has 35 heavy (non-hydrogen) atoms. The standard InChI is InChI=1S/C14H18N4O.C8H13NO.C3H8.C2H4O/c1-9-5-6-11(7-12(9)19-4)18(3)13-10(2)16-8-17-14(13)15;1-3-8(10)9-5-4-7(2)6-9;1-3-2;1-2-3/h5-8H,1-4H3,(H2,15,16,17);3,7H,1,4-6H2,2H3;3H2,1-2H3;2H,1H3. The lowest BCUT2D eigenvalue weighted by atomic mass is 10.2. The second-order valence-corrected chi connectivity index (χ2v) is 8.23. The van der Waals surface area contributed by atoms with E-state index in [1.165, 1.54) is 25.7 Å². The van der Waals surface area contributed by atoms with Crippen molar-refractivity contribution in [3.63, 3.8) is 0 Å². The van der Waals surface area contributed by atoms with Gasteiger partial charge in [0.05, 0.1) is 12.8 Å². The lowest BCUT2D eigenvalue weighted by molar-refractivity contribution is -0.125. The summed E-state index contributed by atoms with van der Waals surface area (Å²) in [6.07, 6.45) is 6.00. The summed E-state index contributed by atoms with van der Waals surface area (Å²) in [6.45, 7) is 17.0. The van der Waals surface area contributed by atoms with Crippen LogP contribution in [0.15, 0.2) is 37.2 Å². The minimum atomic E-state index is 0.0735. The van der Waals surface area contributed by atoms with Crippen LogP contribution in [0.2, 0.25) is 0 Å². The molecule has 2 N–H and O–H groups in total. The average Bonchev–Trinajstić information content (AvgIpc) is 3.26. The van der Waals surface area contributed by atoms with E-state index in [1.807, 2.05) is 48.9 Å². The Morgan fingerprint density at radius 3 is 2.37 bits per heavy atom.